The van der Waals surface area contributed by atoms with E-state index < -0.39 is 0 Å². The van der Waals surface area contributed by atoms with Crippen LogP contribution in [0.3, 0.4) is 0 Å². The summed E-state index contributed by atoms with van der Waals surface area (Å²) in [6, 6.07) is 0. The van der Waals surface area contributed by atoms with Gasteiger partial charge in [0, 0.05) is 0 Å². The summed E-state index contributed by atoms with van der Waals surface area (Å²) in [5.74, 6) is 5.58. The summed E-state index contributed by atoms with van der Waals surface area (Å²) in [7, 11) is 0. The maximum absolute atomic E-state index is 2.73. The molecule has 0 saturated heterocycles. The fraction of sp³-hybridized carbons (Fsp3) is 0.704. The smallest absolute Gasteiger partial charge is 0.00954 e. The van der Waals surface area contributed by atoms with Gasteiger partial charge < -0.3 is 0 Å². The zero-order chi connectivity index (χ0) is 18.9. The second-order valence-electron chi connectivity index (χ2n) is 10.0. The summed E-state index contributed by atoms with van der Waals surface area (Å²) < 4.78 is 0. The highest BCUT2D eigenvalue weighted by molar-refractivity contribution is 5.30. The van der Waals surface area contributed by atoms with Crippen LogP contribution in [0.2, 0.25) is 0 Å². The van der Waals surface area contributed by atoms with Crippen molar-refractivity contribution in [2.24, 2.45) is 46.8 Å². The van der Waals surface area contributed by atoms with Crippen molar-refractivity contribution in [3.05, 3.63) is 48.6 Å². The lowest BCUT2D eigenvalue weighted by molar-refractivity contribution is -0.0134. The average molecular weight is 365 g/mol. The average Bonchev–Trinajstić information content (AvgIpc) is 3.07. The molecule has 27 heavy (non-hydrogen) atoms. The quantitative estimate of drug-likeness (QED) is 0.452. The van der Waals surface area contributed by atoms with Crippen molar-refractivity contribution in [3.8, 4) is 0 Å². The number of hydrogen-bond donors (Lipinski definition) is 0. The van der Waals surface area contributed by atoms with Crippen LogP contribution in [-0.4, -0.2) is 0 Å². The number of rotatable bonds is 6. The predicted octanol–water partition coefficient (Wildman–Crippen LogP) is 7.75. The van der Waals surface area contributed by atoms with Crippen LogP contribution in [-0.2, 0) is 0 Å². The van der Waals surface area contributed by atoms with E-state index in [0.29, 0.717) is 5.41 Å². The lowest BCUT2D eigenvalue weighted by Crippen LogP contribution is -2.44. The van der Waals surface area contributed by atoms with Crippen molar-refractivity contribution in [3.63, 3.8) is 0 Å². The minimum atomic E-state index is 0.477. The largest absolute Gasteiger partial charge is 0.0805 e. The van der Waals surface area contributed by atoms with Crippen LogP contribution in [0.4, 0.5) is 0 Å². The number of allylic oxidation sites excluding steroid dienone is 8. The van der Waals surface area contributed by atoms with Gasteiger partial charge in [-0.15, -0.1) is 0 Å². The summed E-state index contributed by atoms with van der Waals surface area (Å²) in [5, 5.41) is 0. The third-order valence-electron chi connectivity index (χ3n) is 8.83. The van der Waals surface area contributed by atoms with E-state index in [1.54, 1.807) is 0 Å². The van der Waals surface area contributed by atoms with Crippen LogP contribution in [0, 0.1) is 46.8 Å². The Bertz CT molecular complexity index is 586. The van der Waals surface area contributed by atoms with E-state index in [1.165, 1.54) is 51.4 Å². The molecule has 0 aliphatic heterocycles. The molecule has 4 rings (SSSR count). The molecule has 2 saturated carbocycles. The maximum Gasteiger partial charge on any atom is -0.00954 e. The van der Waals surface area contributed by atoms with Gasteiger partial charge in [0.15, 0.2) is 0 Å². The summed E-state index contributed by atoms with van der Waals surface area (Å²) in [6.45, 7) is 7.56. The van der Waals surface area contributed by atoms with Crippen molar-refractivity contribution in [2.45, 2.75) is 72.1 Å². The Morgan fingerprint density at radius 1 is 0.778 bits per heavy atom. The van der Waals surface area contributed by atoms with Gasteiger partial charge in [-0.25, -0.2) is 0 Å². The number of fused-ring (bicyclic) bond motifs is 3. The molecule has 0 heteroatoms. The molecule has 0 spiro atoms. The van der Waals surface area contributed by atoms with E-state index >= 15 is 0 Å². The molecule has 2 fully saturated rings. The first kappa shape index (κ1) is 19.3. The molecule has 4 aliphatic carbocycles. The second kappa shape index (κ2) is 8.14. The summed E-state index contributed by atoms with van der Waals surface area (Å²) in [4.78, 5) is 0. The first-order valence-electron chi connectivity index (χ1n) is 11.9. The molecule has 0 aromatic rings. The first-order valence-corrected chi connectivity index (χ1v) is 11.9. The number of unbranched alkanes of at least 4 members (excludes halogenated alkanes) is 1. The minimum absolute atomic E-state index is 0.477. The molecule has 0 aromatic heterocycles. The monoisotopic (exact) mass is 364 g/mol. The Morgan fingerprint density at radius 3 is 1.89 bits per heavy atom. The highest BCUT2D eigenvalue weighted by Gasteiger charge is 2.56. The molecule has 7 atom stereocenters. The lowest BCUT2D eigenvalue weighted by atomic mass is 9.53. The molecule has 0 heterocycles. The SMILES string of the molecule is CCCCC(C)(C1CCCCC1CC)C1C2C=CC=CC2C2C=CC=CC21. The summed E-state index contributed by atoms with van der Waals surface area (Å²) in [6.07, 6.45) is 31.0. The fourth-order valence-corrected chi connectivity index (χ4v) is 7.63. The van der Waals surface area contributed by atoms with E-state index in [9.17, 15) is 0 Å². The predicted molar refractivity (Wildman–Crippen MR) is 117 cm³/mol. The highest BCUT2D eigenvalue weighted by atomic mass is 14.6. The lowest BCUT2D eigenvalue weighted by Gasteiger charge is -2.51. The van der Waals surface area contributed by atoms with Gasteiger partial charge in [-0.05, 0) is 59.7 Å². The molecular weight excluding hydrogens is 324 g/mol. The van der Waals surface area contributed by atoms with E-state index in [4.69, 9.17) is 0 Å². The molecule has 0 N–H and O–H groups in total. The Hall–Kier alpha value is -1.04. The Balaban J connectivity index is 1.74. The molecular formula is C27H40. The molecule has 0 amide bonds. The van der Waals surface area contributed by atoms with E-state index in [1.807, 2.05) is 0 Å². The van der Waals surface area contributed by atoms with Gasteiger partial charge in [-0.2, -0.15) is 0 Å². The number of hydrogen-bond acceptors (Lipinski definition) is 0. The van der Waals surface area contributed by atoms with Gasteiger partial charge in [0.1, 0.15) is 0 Å². The zero-order valence-corrected chi connectivity index (χ0v) is 17.8. The normalized spacial score (nSPS) is 42.0. The Kier molecular flexibility index (Phi) is 5.81. The Labute approximate surface area is 167 Å². The van der Waals surface area contributed by atoms with Crippen molar-refractivity contribution in [1.29, 1.82) is 0 Å². The standard InChI is InChI=1S/C27H40/c1-4-6-19-27(3,25-18-12-7-13-20(25)5-2)26-23-16-10-8-14-21(23)22-15-9-11-17-24(22)26/h8-11,14-17,20-26H,4-7,12-13,18-19H2,1-3H3. The van der Waals surface area contributed by atoms with Gasteiger partial charge in [-0.3, -0.25) is 0 Å². The van der Waals surface area contributed by atoms with Gasteiger partial charge in [0.25, 0.3) is 0 Å². The van der Waals surface area contributed by atoms with E-state index in [2.05, 4.69) is 69.4 Å². The summed E-state index contributed by atoms with van der Waals surface area (Å²) >= 11 is 0. The van der Waals surface area contributed by atoms with Crippen LogP contribution < -0.4 is 0 Å². The Morgan fingerprint density at radius 2 is 1.33 bits per heavy atom. The van der Waals surface area contributed by atoms with Gasteiger partial charge in [-0.1, -0.05) is 108 Å². The van der Waals surface area contributed by atoms with Gasteiger partial charge in [0.05, 0.1) is 0 Å². The van der Waals surface area contributed by atoms with Gasteiger partial charge in [0.2, 0.25) is 0 Å². The first-order chi connectivity index (χ1) is 13.2. The van der Waals surface area contributed by atoms with Crippen LogP contribution in [0.1, 0.15) is 72.1 Å². The molecule has 0 nitrogen and oxygen atoms in total. The molecule has 0 radical (unpaired) electrons. The molecule has 0 bridgehead atoms. The van der Waals surface area contributed by atoms with Crippen molar-refractivity contribution < 1.29 is 0 Å². The minimum Gasteiger partial charge on any atom is -0.0805 e. The van der Waals surface area contributed by atoms with E-state index in [0.717, 1.165) is 41.4 Å². The van der Waals surface area contributed by atoms with Gasteiger partial charge >= 0.3 is 0 Å². The highest BCUT2D eigenvalue weighted by Crippen LogP contribution is 2.62. The van der Waals surface area contributed by atoms with Crippen molar-refractivity contribution >= 4 is 0 Å². The van der Waals surface area contributed by atoms with Crippen LogP contribution in [0.15, 0.2) is 48.6 Å². The third-order valence-corrected chi connectivity index (χ3v) is 8.83. The van der Waals surface area contributed by atoms with Crippen LogP contribution in [0.5, 0.6) is 0 Å². The van der Waals surface area contributed by atoms with Crippen LogP contribution in [0.25, 0.3) is 0 Å². The van der Waals surface area contributed by atoms with Crippen LogP contribution >= 0.6 is 0 Å². The molecule has 7 unspecified atom stereocenters. The zero-order valence-electron chi connectivity index (χ0n) is 17.8. The summed E-state index contributed by atoms with van der Waals surface area (Å²) in [5.41, 5.74) is 0.477. The third kappa shape index (κ3) is 3.32. The van der Waals surface area contributed by atoms with E-state index in [-0.39, 0.29) is 0 Å². The maximum atomic E-state index is 2.73. The van der Waals surface area contributed by atoms with Crippen molar-refractivity contribution in [1.82, 2.24) is 0 Å². The molecule has 4 aliphatic rings. The molecule has 148 valence electrons. The topological polar surface area (TPSA) is 0 Å². The fourth-order valence-electron chi connectivity index (χ4n) is 7.63. The van der Waals surface area contributed by atoms with Crippen molar-refractivity contribution in [2.75, 3.05) is 0 Å². The second-order valence-corrected chi connectivity index (χ2v) is 10.0. The molecule has 0 aromatic carbocycles.